The second-order valence-corrected chi connectivity index (χ2v) is 5.95. The Bertz CT molecular complexity index is 424. The van der Waals surface area contributed by atoms with Crippen LogP contribution in [0.4, 0.5) is 11.6 Å². The topological polar surface area (TPSA) is 49.8 Å². The first-order valence-electron chi connectivity index (χ1n) is 7.44. The largest absolute Gasteiger partial charge is 0.370 e. The van der Waals surface area contributed by atoms with Crippen molar-refractivity contribution in [1.29, 1.82) is 0 Å². The number of hydrogen-bond donors (Lipinski definition) is 2. The van der Waals surface area contributed by atoms with E-state index in [1.165, 1.54) is 18.4 Å². The molecule has 0 saturated heterocycles. The third-order valence-corrected chi connectivity index (χ3v) is 3.83. The molecule has 1 heterocycles. The molecular formula is C15H26N4. The summed E-state index contributed by atoms with van der Waals surface area (Å²) in [5.74, 6) is 2.76. The zero-order chi connectivity index (χ0) is 13.9. The zero-order valence-electron chi connectivity index (χ0n) is 12.6. The molecule has 4 heteroatoms. The Balaban J connectivity index is 2.24. The Hall–Kier alpha value is -1.32. The van der Waals surface area contributed by atoms with Gasteiger partial charge in [-0.25, -0.2) is 9.97 Å². The number of rotatable bonds is 7. The molecule has 19 heavy (non-hydrogen) atoms. The maximum Gasteiger partial charge on any atom is 0.135 e. The van der Waals surface area contributed by atoms with Crippen molar-refractivity contribution in [3.8, 4) is 0 Å². The molecule has 0 aromatic carbocycles. The van der Waals surface area contributed by atoms with Gasteiger partial charge in [0.15, 0.2) is 0 Å². The van der Waals surface area contributed by atoms with Gasteiger partial charge in [0.25, 0.3) is 0 Å². The molecule has 0 aliphatic heterocycles. The lowest BCUT2D eigenvalue weighted by Crippen LogP contribution is -2.34. The Kier molecular flexibility index (Phi) is 4.27. The van der Waals surface area contributed by atoms with E-state index in [1.54, 1.807) is 6.33 Å². The highest BCUT2D eigenvalue weighted by atomic mass is 15.1. The summed E-state index contributed by atoms with van der Waals surface area (Å²) in [6.07, 6.45) is 6.42. The van der Waals surface area contributed by atoms with Crippen LogP contribution in [0.25, 0.3) is 0 Å². The molecule has 0 bridgehead atoms. The predicted octanol–water partition coefficient (Wildman–Crippen LogP) is 3.46. The lowest BCUT2D eigenvalue weighted by molar-refractivity contribution is 0.491. The number of anilines is 2. The van der Waals surface area contributed by atoms with E-state index >= 15 is 0 Å². The summed E-state index contributed by atoms with van der Waals surface area (Å²) in [4.78, 5) is 8.85. The average molecular weight is 262 g/mol. The van der Waals surface area contributed by atoms with Crippen LogP contribution in [-0.4, -0.2) is 22.1 Å². The molecule has 1 fully saturated rings. The van der Waals surface area contributed by atoms with Crippen LogP contribution in [0.15, 0.2) is 6.33 Å². The molecule has 1 aromatic rings. The summed E-state index contributed by atoms with van der Waals surface area (Å²) < 4.78 is 0. The van der Waals surface area contributed by atoms with E-state index in [1.807, 2.05) is 0 Å². The number of aromatic nitrogens is 2. The molecule has 0 spiro atoms. The van der Waals surface area contributed by atoms with E-state index < -0.39 is 0 Å². The van der Waals surface area contributed by atoms with Gasteiger partial charge in [-0.1, -0.05) is 13.3 Å². The maximum atomic E-state index is 4.47. The fraction of sp³-hybridized carbons (Fsp3) is 0.733. The summed E-state index contributed by atoms with van der Waals surface area (Å²) in [5, 5.41) is 6.98. The van der Waals surface area contributed by atoms with Crippen molar-refractivity contribution in [1.82, 2.24) is 9.97 Å². The first kappa shape index (κ1) is 14.1. The van der Waals surface area contributed by atoms with Gasteiger partial charge in [0.2, 0.25) is 0 Å². The van der Waals surface area contributed by atoms with Gasteiger partial charge < -0.3 is 10.6 Å². The van der Waals surface area contributed by atoms with Gasteiger partial charge in [0.1, 0.15) is 18.0 Å². The first-order chi connectivity index (χ1) is 9.08. The Labute approximate surface area is 116 Å². The molecular weight excluding hydrogens is 236 g/mol. The van der Waals surface area contributed by atoms with Crippen molar-refractivity contribution in [3.63, 3.8) is 0 Å². The maximum absolute atomic E-state index is 4.47. The van der Waals surface area contributed by atoms with Gasteiger partial charge >= 0.3 is 0 Å². The fourth-order valence-corrected chi connectivity index (χ4v) is 2.54. The molecule has 0 radical (unpaired) electrons. The monoisotopic (exact) mass is 262 g/mol. The molecule has 0 amide bonds. The van der Waals surface area contributed by atoms with Crippen LogP contribution in [0.5, 0.6) is 0 Å². The van der Waals surface area contributed by atoms with Crippen molar-refractivity contribution in [2.45, 2.75) is 58.9 Å². The SMILES string of the molecule is CCCc1c(NCC)ncnc1NC(C)(C)C1CC1. The normalized spacial score (nSPS) is 15.4. The Morgan fingerprint density at radius 3 is 2.47 bits per heavy atom. The quantitative estimate of drug-likeness (QED) is 0.790. The van der Waals surface area contributed by atoms with Crippen molar-refractivity contribution in [3.05, 3.63) is 11.9 Å². The molecule has 0 atom stereocenters. The molecule has 2 rings (SSSR count). The fourth-order valence-electron chi connectivity index (χ4n) is 2.54. The lowest BCUT2D eigenvalue weighted by atomic mass is 9.98. The van der Waals surface area contributed by atoms with E-state index in [4.69, 9.17) is 0 Å². The van der Waals surface area contributed by atoms with E-state index in [9.17, 15) is 0 Å². The van der Waals surface area contributed by atoms with Crippen LogP contribution < -0.4 is 10.6 Å². The minimum Gasteiger partial charge on any atom is -0.370 e. The summed E-state index contributed by atoms with van der Waals surface area (Å²) in [6, 6.07) is 0. The third kappa shape index (κ3) is 3.37. The lowest BCUT2D eigenvalue weighted by Gasteiger charge is -2.28. The van der Waals surface area contributed by atoms with E-state index in [0.29, 0.717) is 0 Å². The van der Waals surface area contributed by atoms with Crippen LogP contribution in [0, 0.1) is 5.92 Å². The highest BCUT2D eigenvalue weighted by Gasteiger charge is 2.38. The highest BCUT2D eigenvalue weighted by Crippen LogP contribution is 2.41. The first-order valence-corrected chi connectivity index (χ1v) is 7.44. The highest BCUT2D eigenvalue weighted by molar-refractivity contribution is 5.58. The number of nitrogens with one attached hydrogen (secondary N) is 2. The average Bonchev–Trinajstić information content (AvgIpc) is 3.17. The predicted molar refractivity (Wildman–Crippen MR) is 80.6 cm³/mol. The van der Waals surface area contributed by atoms with Crippen LogP contribution in [0.2, 0.25) is 0 Å². The van der Waals surface area contributed by atoms with Crippen LogP contribution in [0.3, 0.4) is 0 Å². The van der Waals surface area contributed by atoms with Gasteiger partial charge in [-0.3, -0.25) is 0 Å². The third-order valence-electron chi connectivity index (χ3n) is 3.83. The van der Waals surface area contributed by atoms with Gasteiger partial charge in [-0.15, -0.1) is 0 Å². The van der Waals surface area contributed by atoms with Crippen LogP contribution in [0.1, 0.15) is 52.5 Å². The second-order valence-electron chi connectivity index (χ2n) is 5.95. The Morgan fingerprint density at radius 2 is 1.89 bits per heavy atom. The van der Waals surface area contributed by atoms with Crippen molar-refractivity contribution >= 4 is 11.6 Å². The standard InChI is InChI=1S/C15H26N4/c1-5-7-12-13(16-6-2)17-10-18-14(12)19-15(3,4)11-8-9-11/h10-11H,5-9H2,1-4H3,(H2,16,17,18,19). The van der Waals surface area contributed by atoms with Crippen LogP contribution >= 0.6 is 0 Å². The molecule has 1 aliphatic rings. The van der Waals surface area contributed by atoms with E-state index in [2.05, 4.69) is 48.3 Å². The molecule has 1 aliphatic carbocycles. The summed E-state index contributed by atoms with van der Waals surface area (Å²) in [6.45, 7) is 9.72. The molecule has 1 aromatic heterocycles. The van der Waals surface area contributed by atoms with Crippen molar-refractivity contribution in [2.24, 2.45) is 5.92 Å². The van der Waals surface area contributed by atoms with Gasteiger partial charge in [0.05, 0.1) is 0 Å². The van der Waals surface area contributed by atoms with Crippen molar-refractivity contribution in [2.75, 3.05) is 17.2 Å². The van der Waals surface area contributed by atoms with Gasteiger partial charge in [0, 0.05) is 17.6 Å². The Morgan fingerprint density at radius 1 is 1.21 bits per heavy atom. The number of hydrogen-bond acceptors (Lipinski definition) is 4. The molecule has 106 valence electrons. The van der Waals surface area contributed by atoms with Crippen LogP contribution in [-0.2, 0) is 6.42 Å². The molecule has 2 N–H and O–H groups in total. The van der Waals surface area contributed by atoms with E-state index in [0.717, 1.165) is 36.9 Å². The van der Waals surface area contributed by atoms with E-state index in [-0.39, 0.29) is 5.54 Å². The van der Waals surface area contributed by atoms with Crippen molar-refractivity contribution < 1.29 is 0 Å². The molecule has 1 saturated carbocycles. The number of nitrogens with zero attached hydrogens (tertiary/aromatic N) is 2. The summed E-state index contributed by atoms with van der Waals surface area (Å²) in [5.41, 5.74) is 1.35. The van der Waals surface area contributed by atoms with Gasteiger partial charge in [-0.05, 0) is 46.0 Å². The zero-order valence-corrected chi connectivity index (χ0v) is 12.6. The molecule has 4 nitrogen and oxygen atoms in total. The summed E-state index contributed by atoms with van der Waals surface area (Å²) in [7, 11) is 0. The molecule has 0 unspecified atom stereocenters. The van der Waals surface area contributed by atoms with Gasteiger partial charge in [-0.2, -0.15) is 0 Å². The smallest absolute Gasteiger partial charge is 0.135 e. The minimum absolute atomic E-state index is 0.125. The minimum atomic E-state index is 0.125. The summed E-state index contributed by atoms with van der Waals surface area (Å²) >= 11 is 0. The second kappa shape index (κ2) is 5.76.